The summed E-state index contributed by atoms with van der Waals surface area (Å²) in [7, 11) is -1.57. The summed E-state index contributed by atoms with van der Waals surface area (Å²) in [5.74, 6) is 1.59. The van der Waals surface area contributed by atoms with E-state index in [0.717, 1.165) is 18.3 Å². The molecule has 11 heteroatoms. The molecule has 1 N–H and O–H groups in total. The summed E-state index contributed by atoms with van der Waals surface area (Å²) in [6.45, 7) is 9.43. The molecule has 0 amide bonds. The molecule has 0 unspecified atom stereocenters. The van der Waals surface area contributed by atoms with Gasteiger partial charge in [-0.25, -0.2) is 8.42 Å². The molecule has 0 aliphatic carbocycles. The van der Waals surface area contributed by atoms with Gasteiger partial charge in [0.1, 0.15) is 6.33 Å². The largest absolute Gasteiger partial charge is 0.378 e. The molecule has 0 atom stereocenters. The summed E-state index contributed by atoms with van der Waals surface area (Å²) in [5, 5.41) is 11.3. The lowest BCUT2D eigenvalue weighted by Gasteiger charge is -2.35. The first-order valence-electron chi connectivity index (χ1n) is 9.29. The van der Waals surface area contributed by atoms with Gasteiger partial charge in [0.25, 0.3) is 0 Å². The first kappa shape index (κ1) is 21.6. The number of nitrogens with zero attached hydrogens (tertiary/aromatic N) is 6. The monoisotopic (exact) mass is 401 g/mol. The summed E-state index contributed by atoms with van der Waals surface area (Å²) in [6.07, 6.45) is 1.73. The summed E-state index contributed by atoms with van der Waals surface area (Å²) < 4.78 is 33.7. The van der Waals surface area contributed by atoms with Gasteiger partial charge in [-0.15, -0.1) is 10.2 Å². The number of guanidine groups is 1. The van der Waals surface area contributed by atoms with Crippen molar-refractivity contribution < 1.29 is 13.2 Å². The molecule has 1 aromatic heterocycles. The van der Waals surface area contributed by atoms with Gasteiger partial charge in [-0.3, -0.25) is 4.99 Å². The predicted molar refractivity (Wildman–Crippen MR) is 104 cm³/mol. The maximum absolute atomic E-state index is 12.4. The average Bonchev–Trinajstić information content (AvgIpc) is 3.10. The van der Waals surface area contributed by atoms with Crippen molar-refractivity contribution in [2.75, 3.05) is 45.6 Å². The second-order valence-corrected chi connectivity index (χ2v) is 8.64. The second kappa shape index (κ2) is 10.00. The van der Waals surface area contributed by atoms with Crippen molar-refractivity contribution >= 4 is 16.0 Å². The molecule has 2 heterocycles. The van der Waals surface area contributed by atoms with Gasteiger partial charge in [0.15, 0.2) is 11.8 Å². The van der Waals surface area contributed by atoms with Crippen LogP contribution in [0.5, 0.6) is 0 Å². The van der Waals surface area contributed by atoms with Crippen molar-refractivity contribution in [1.29, 1.82) is 0 Å². The summed E-state index contributed by atoms with van der Waals surface area (Å²) in [4.78, 5) is 6.37. The number of nitrogens with one attached hydrogen (secondary N) is 1. The number of aryl methyl sites for hydroxylation is 1. The Hall–Kier alpha value is -1.72. The van der Waals surface area contributed by atoms with Crippen LogP contribution < -0.4 is 5.32 Å². The smallest absolute Gasteiger partial charge is 0.216 e. The van der Waals surface area contributed by atoms with Gasteiger partial charge >= 0.3 is 0 Å². The highest BCUT2D eigenvalue weighted by Crippen LogP contribution is 2.09. The average molecular weight is 402 g/mol. The van der Waals surface area contributed by atoms with Gasteiger partial charge < -0.3 is 19.5 Å². The number of hydrogen-bond acceptors (Lipinski definition) is 6. The molecule has 0 saturated carbocycles. The predicted octanol–water partition coefficient (Wildman–Crippen LogP) is -0.254. The molecule has 1 fully saturated rings. The van der Waals surface area contributed by atoms with Gasteiger partial charge in [0.05, 0.1) is 25.0 Å². The fourth-order valence-electron chi connectivity index (χ4n) is 2.87. The molecular weight excluding hydrogens is 370 g/mol. The molecule has 2 rings (SSSR count). The SMILES string of the molecule is CCn1cnnc1CNC(=NC)N1CCN(S(=O)(=O)CCOC(C)C)CC1. The Bertz CT molecular complexity index is 709. The van der Waals surface area contributed by atoms with Crippen LogP contribution in [0.4, 0.5) is 0 Å². The first-order chi connectivity index (χ1) is 12.9. The third-order valence-electron chi connectivity index (χ3n) is 4.38. The van der Waals surface area contributed by atoms with E-state index in [2.05, 4.69) is 25.4 Å². The van der Waals surface area contributed by atoms with E-state index in [9.17, 15) is 8.42 Å². The molecule has 1 aliphatic heterocycles. The zero-order valence-electron chi connectivity index (χ0n) is 16.6. The molecule has 27 heavy (non-hydrogen) atoms. The molecule has 0 radical (unpaired) electrons. The maximum atomic E-state index is 12.4. The van der Waals surface area contributed by atoms with E-state index < -0.39 is 10.0 Å². The molecule has 10 nitrogen and oxygen atoms in total. The Kier molecular flexibility index (Phi) is 7.99. The second-order valence-electron chi connectivity index (χ2n) is 6.56. The van der Waals surface area contributed by atoms with E-state index in [1.165, 1.54) is 4.31 Å². The summed E-state index contributed by atoms with van der Waals surface area (Å²) in [6, 6.07) is 0. The fourth-order valence-corrected chi connectivity index (χ4v) is 4.15. The van der Waals surface area contributed by atoms with Crippen LogP contribution in [0.3, 0.4) is 0 Å². The van der Waals surface area contributed by atoms with Gasteiger partial charge in [-0.2, -0.15) is 4.31 Å². The van der Waals surface area contributed by atoms with Crippen LogP contribution in [0.2, 0.25) is 0 Å². The van der Waals surface area contributed by atoms with E-state index in [1.54, 1.807) is 13.4 Å². The van der Waals surface area contributed by atoms with Crippen molar-refractivity contribution in [3.05, 3.63) is 12.2 Å². The summed E-state index contributed by atoms with van der Waals surface area (Å²) in [5.41, 5.74) is 0. The van der Waals surface area contributed by atoms with E-state index in [4.69, 9.17) is 4.74 Å². The minimum absolute atomic E-state index is 0.0187. The van der Waals surface area contributed by atoms with Crippen LogP contribution >= 0.6 is 0 Å². The Labute approximate surface area is 161 Å². The van der Waals surface area contributed by atoms with Gasteiger partial charge in [0.2, 0.25) is 10.0 Å². The third kappa shape index (κ3) is 6.15. The topological polar surface area (TPSA) is 105 Å². The number of rotatable bonds is 8. The third-order valence-corrected chi connectivity index (χ3v) is 6.21. The molecule has 1 saturated heterocycles. The van der Waals surface area contributed by atoms with E-state index in [-0.39, 0.29) is 18.5 Å². The fraction of sp³-hybridized carbons (Fsp3) is 0.812. The molecule has 154 valence electrons. The zero-order valence-corrected chi connectivity index (χ0v) is 17.4. The quantitative estimate of drug-likeness (QED) is 0.473. The Balaban J connectivity index is 1.84. The zero-order chi connectivity index (χ0) is 19.9. The highest BCUT2D eigenvalue weighted by Gasteiger charge is 2.28. The molecule has 0 bridgehead atoms. The Morgan fingerprint density at radius 2 is 2.04 bits per heavy atom. The molecule has 1 aliphatic rings. The van der Waals surface area contributed by atoms with Gasteiger partial charge in [-0.05, 0) is 20.8 Å². The van der Waals surface area contributed by atoms with E-state index in [1.807, 2.05) is 25.3 Å². The van der Waals surface area contributed by atoms with Crippen molar-refractivity contribution in [2.45, 2.75) is 40.0 Å². The Morgan fingerprint density at radius 1 is 1.33 bits per heavy atom. The number of aromatic nitrogens is 3. The Morgan fingerprint density at radius 3 is 2.63 bits per heavy atom. The molecule has 0 aromatic carbocycles. The minimum atomic E-state index is -3.29. The highest BCUT2D eigenvalue weighted by molar-refractivity contribution is 7.89. The van der Waals surface area contributed by atoms with Crippen molar-refractivity contribution in [1.82, 2.24) is 29.3 Å². The van der Waals surface area contributed by atoms with Crippen LogP contribution in [0.15, 0.2) is 11.3 Å². The maximum Gasteiger partial charge on any atom is 0.216 e. The van der Waals surface area contributed by atoms with Crippen molar-refractivity contribution in [3.63, 3.8) is 0 Å². The standard InChI is InChI=1S/C16H31N7O3S/c1-5-21-13-19-20-15(21)12-18-16(17-4)22-6-8-23(9-7-22)27(24,25)11-10-26-14(2)3/h13-14H,5-12H2,1-4H3,(H,17,18). The van der Waals surface area contributed by atoms with Crippen LogP contribution in [0.25, 0.3) is 0 Å². The number of ether oxygens (including phenoxy) is 1. The first-order valence-corrected chi connectivity index (χ1v) is 10.9. The lowest BCUT2D eigenvalue weighted by molar-refractivity contribution is 0.0904. The van der Waals surface area contributed by atoms with Crippen LogP contribution in [-0.4, -0.2) is 90.0 Å². The van der Waals surface area contributed by atoms with Crippen LogP contribution in [-0.2, 0) is 27.8 Å². The number of hydrogen-bond donors (Lipinski definition) is 1. The normalized spacial score (nSPS) is 16.9. The lowest BCUT2D eigenvalue weighted by atomic mass is 10.4. The highest BCUT2D eigenvalue weighted by atomic mass is 32.2. The van der Waals surface area contributed by atoms with Crippen LogP contribution in [0, 0.1) is 0 Å². The van der Waals surface area contributed by atoms with Crippen molar-refractivity contribution in [3.8, 4) is 0 Å². The van der Waals surface area contributed by atoms with Crippen LogP contribution in [0.1, 0.15) is 26.6 Å². The van der Waals surface area contributed by atoms with E-state index in [0.29, 0.717) is 32.7 Å². The molecule has 0 spiro atoms. The number of sulfonamides is 1. The number of piperazine rings is 1. The van der Waals surface area contributed by atoms with Gasteiger partial charge in [0, 0.05) is 39.8 Å². The minimum Gasteiger partial charge on any atom is -0.378 e. The molecular formula is C16H31N7O3S. The lowest BCUT2D eigenvalue weighted by Crippen LogP contribution is -2.54. The van der Waals surface area contributed by atoms with Crippen molar-refractivity contribution in [2.24, 2.45) is 4.99 Å². The molecule has 1 aromatic rings. The van der Waals surface area contributed by atoms with Gasteiger partial charge in [-0.1, -0.05) is 0 Å². The van der Waals surface area contributed by atoms with E-state index >= 15 is 0 Å². The number of aliphatic imine (C=N–C) groups is 1. The summed E-state index contributed by atoms with van der Waals surface area (Å²) >= 11 is 0.